The molecule has 1 aromatic heterocycles. The van der Waals surface area contributed by atoms with Crippen molar-refractivity contribution in [2.24, 2.45) is 0 Å². The molecule has 1 aliphatic rings. The van der Waals surface area contributed by atoms with Crippen LogP contribution in [-0.2, 0) is 24.4 Å². The largest absolute Gasteiger partial charge is 0.369 e. The maximum atomic E-state index is 10.8. The van der Waals surface area contributed by atoms with Crippen molar-refractivity contribution in [3.05, 3.63) is 72.1 Å². The molecule has 1 aliphatic heterocycles. The van der Waals surface area contributed by atoms with Gasteiger partial charge in [-0.2, -0.15) is 0 Å². The fraction of sp³-hybridized carbons (Fsp3) is 0.300. The zero-order valence-corrected chi connectivity index (χ0v) is 17.0. The third-order valence-corrected chi connectivity index (χ3v) is 5.54. The average molecular weight is 413 g/mol. The lowest BCUT2D eigenvalue weighted by Gasteiger charge is -2.44. The Bertz CT molecular complexity index is 974. The van der Waals surface area contributed by atoms with E-state index in [9.17, 15) is 4.21 Å². The quantitative estimate of drug-likeness (QED) is 0.549. The summed E-state index contributed by atoms with van der Waals surface area (Å²) in [5.74, 6) is 0. The molecule has 29 heavy (non-hydrogen) atoms. The van der Waals surface area contributed by atoms with Gasteiger partial charge in [0.25, 0.3) is 0 Å². The van der Waals surface area contributed by atoms with Gasteiger partial charge in [0.2, 0.25) is 11.3 Å². The number of para-hydroxylation sites is 1. The van der Waals surface area contributed by atoms with Gasteiger partial charge in [0.15, 0.2) is 0 Å². The second kappa shape index (κ2) is 8.83. The van der Waals surface area contributed by atoms with Crippen LogP contribution in [0.4, 0.5) is 5.69 Å². The number of nitrogens with zero attached hydrogens (tertiary/aromatic N) is 5. The zero-order valence-electron chi connectivity index (χ0n) is 16.2. The summed E-state index contributed by atoms with van der Waals surface area (Å²) in [4.78, 5) is 4.61. The number of anilines is 1. The van der Waals surface area contributed by atoms with Crippen molar-refractivity contribution in [1.29, 1.82) is 0 Å². The van der Waals surface area contributed by atoms with E-state index in [1.807, 2.05) is 54.7 Å². The van der Waals surface area contributed by atoms with Crippen molar-refractivity contribution in [1.82, 2.24) is 24.6 Å². The Morgan fingerprint density at radius 1 is 1.21 bits per heavy atom. The molecule has 2 heterocycles. The normalized spacial score (nSPS) is 15.8. The SMILES string of the molecule is CN(c1cccc(CNS(=O)O)c1)C1CN(Cc2cn(-c3ccccc3)nn2)C1. The Balaban J connectivity index is 1.30. The molecule has 1 saturated heterocycles. The number of hydrogen-bond donors (Lipinski definition) is 2. The molecular formula is C20H24N6O2S. The fourth-order valence-corrected chi connectivity index (χ4v) is 3.76. The molecule has 9 heteroatoms. The van der Waals surface area contributed by atoms with Crippen LogP contribution >= 0.6 is 0 Å². The molecule has 2 aromatic carbocycles. The molecule has 1 unspecified atom stereocenters. The Labute approximate surface area is 172 Å². The molecule has 1 fully saturated rings. The van der Waals surface area contributed by atoms with Crippen LogP contribution in [0.1, 0.15) is 11.3 Å². The Hall–Kier alpha value is -2.59. The summed E-state index contributed by atoms with van der Waals surface area (Å²) in [6.07, 6.45) is 1.98. The molecule has 4 rings (SSSR count). The predicted molar refractivity (Wildman–Crippen MR) is 113 cm³/mol. The van der Waals surface area contributed by atoms with Crippen molar-refractivity contribution < 1.29 is 8.76 Å². The number of aromatic nitrogens is 3. The number of hydrogen-bond acceptors (Lipinski definition) is 5. The third kappa shape index (κ3) is 4.88. The average Bonchev–Trinajstić information content (AvgIpc) is 3.18. The molecule has 0 spiro atoms. The van der Waals surface area contributed by atoms with Crippen LogP contribution in [0.15, 0.2) is 60.8 Å². The van der Waals surface area contributed by atoms with E-state index in [-0.39, 0.29) is 0 Å². The summed E-state index contributed by atoms with van der Waals surface area (Å²) < 4.78 is 24.0. The first-order valence-corrected chi connectivity index (χ1v) is 10.5. The van der Waals surface area contributed by atoms with Crippen molar-refractivity contribution >= 4 is 17.0 Å². The lowest BCUT2D eigenvalue weighted by atomic mass is 10.1. The molecule has 0 radical (unpaired) electrons. The monoisotopic (exact) mass is 412 g/mol. The molecule has 0 saturated carbocycles. The molecule has 0 amide bonds. The molecule has 0 bridgehead atoms. The van der Waals surface area contributed by atoms with Gasteiger partial charge in [0.1, 0.15) is 0 Å². The summed E-state index contributed by atoms with van der Waals surface area (Å²) in [5, 5.41) is 8.52. The van der Waals surface area contributed by atoms with E-state index in [1.165, 1.54) is 0 Å². The molecule has 1 atom stereocenters. The van der Waals surface area contributed by atoms with Gasteiger partial charge in [-0.3, -0.25) is 9.45 Å². The van der Waals surface area contributed by atoms with Crippen LogP contribution < -0.4 is 9.62 Å². The first-order valence-electron chi connectivity index (χ1n) is 9.43. The van der Waals surface area contributed by atoms with E-state index in [1.54, 1.807) is 4.68 Å². The van der Waals surface area contributed by atoms with Crippen LogP contribution in [0.3, 0.4) is 0 Å². The number of likely N-dealkylation sites (N-methyl/N-ethyl adjacent to an activating group) is 1. The summed E-state index contributed by atoms with van der Waals surface area (Å²) in [6, 6.07) is 18.4. The smallest absolute Gasteiger partial charge is 0.232 e. The first-order chi connectivity index (χ1) is 14.1. The lowest BCUT2D eigenvalue weighted by molar-refractivity contribution is 0.137. The Morgan fingerprint density at radius 2 is 2.00 bits per heavy atom. The maximum Gasteiger partial charge on any atom is 0.232 e. The highest BCUT2D eigenvalue weighted by atomic mass is 32.2. The van der Waals surface area contributed by atoms with Crippen molar-refractivity contribution in [2.45, 2.75) is 19.1 Å². The topological polar surface area (TPSA) is 86.5 Å². The van der Waals surface area contributed by atoms with Crippen molar-refractivity contribution in [3.63, 3.8) is 0 Å². The Morgan fingerprint density at radius 3 is 2.76 bits per heavy atom. The predicted octanol–water partition coefficient (Wildman–Crippen LogP) is 1.81. The molecular weight excluding hydrogens is 388 g/mol. The molecule has 2 N–H and O–H groups in total. The second-order valence-electron chi connectivity index (χ2n) is 7.19. The Kier molecular flexibility index (Phi) is 6.00. The minimum Gasteiger partial charge on any atom is -0.369 e. The van der Waals surface area contributed by atoms with Gasteiger partial charge in [-0.1, -0.05) is 35.5 Å². The van der Waals surface area contributed by atoms with E-state index in [0.717, 1.165) is 42.3 Å². The standard InChI is InChI=1S/C20H24N6O2S/c1-24(19-9-5-6-16(10-19)11-21-29(27)28)20-14-25(15-20)12-17-13-26(23-22-17)18-7-3-2-4-8-18/h2-10,13,20-21H,11-12,14-15H2,1H3,(H,27,28). The van der Waals surface area contributed by atoms with Crippen LogP contribution in [-0.4, -0.2) is 54.8 Å². The highest BCUT2D eigenvalue weighted by Crippen LogP contribution is 2.23. The summed E-state index contributed by atoms with van der Waals surface area (Å²) >= 11 is -2.00. The minimum atomic E-state index is -2.00. The van der Waals surface area contributed by atoms with Gasteiger partial charge >= 0.3 is 0 Å². The van der Waals surface area contributed by atoms with E-state index < -0.39 is 11.3 Å². The molecule has 152 valence electrons. The summed E-state index contributed by atoms with van der Waals surface area (Å²) in [6.45, 7) is 3.05. The van der Waals surface area contributed by atoms with Gasteiger partial charge in [0, 0.05) is 38.9 Å². The second-order valence-corrected chi connectivity index (χ2v) is 7.98. The third-order valence-electron chi connectivity index (χ3n) is 5.15. The van der Waals surface area contributed by atoms with Gasteiger partial charge < -0.3 is 4.90 Å². The molecule has 8 nitrogen and oxygen atoms in total. The van der Waals surface area contributed by atoms with E-state index in [4.69, 9.17) is 4.55 Å². The van der Waals surface area contributed by atoms with Crippen molar-refractivity contribution in [3.8, 4) is 5.69 Å². The van der Waals surface area contributed by atoms with Gasteiger partial charge in [0.05, 0.1) is 23.6 Å². The number of nitrogens with one attached hydrogen (secondary N) is 1. The zero-order chi connectivity index (χ0) is 20.2. The van der Waals surface area contributed by atoms with Crippen LogP contribution in [0.5, 0.6) is 0 Å². The molecule has 3 aromatic rings. The highest BCUT2D eigenvalue weighted by Gasteiger charge is 2.30. The van der Waals surface area contributed by atoms with Crippen LogP contribution in [0.2, 0.25) is 0 Å². The first kappa shape index (κ1) is 19.7. The van der Waals surface area contributed by atoms with Gasteiger partial charge in [-0.25, -0.2) is 13.6 Å². The number of benzene rings is 2. The van der Waals surface area contributed by atoms with E-state index in [0.29, 0.717) is 12.6 Å². The molecule has 0 aliphatic carbocycles. The van der Waals surface area contributed by atoms with Gasteiger partial charge in [-0.05, 0) is 29.8 Å². The number of likely N-dealkylation sites (tertiary alicyclic amines) is 1. The van der Waals surface area contributed by atoms with E-state index in [2.05, 4.69) is 37.9 Å². The maximum absolute atomic E-state index is 10.8. The van der Waals surface area contributed by atoms with E-state index >= 15 is 0 Å². The summed E-state index contributed by atoms with van der Waals surface area (Å²) in [7, 11) is 2.09. The van der Waals surface area contributed by atoms with Gasteiger partial charge in [-0.15, -0.1) is 5.10 Å². The van der Waals surface area contributed by atoms with Crippen molar-refractivity contribution in [2.75, 3.05) is 25.0 Å². The fourth-order valence-electron chi connectivity index (χ4n) is 3.47. The minimum absolute atomic E-state index is 0.360. The van der Waals surface area contributed by atoms with Crippen LogP contribution in [0.25, 0.3) is 5.69 Å². The highest BCUT2D eigenvalue weighted by molar-refractivity contribution is 7.77. The lowest BCUT2D eigenvalue weighted by Crippen LogP contribution is -2.58. The number of rotatable bonds is 8. The summed E-state index contributed by atoms with van der Waals surface area (Å²) in [5.41, 5.74) is 4.05. The van der Waals surface area contributed by atoms with Crippen LogP contribution in [0, 0.1) is 0 Å².